The van der Waals surface area contributed by atoms with Gasteiger partial charge in [0.1, 0.15) is 5.41 Å². The Balaban J connectivity index is 1.77. The molecule has 2 aromatic rings. The van der Waals surface area contributed by atoms with E-state index in [1.54, 1.807) is 24.3 Å². The van der Waals surface area contributed by atoms with Crippen molar-refractivity contribution in [2.45, 2.75) is 40.0 Å². The summed E-state index contributed by atoms with van der Waals surface area (Å²) in [5, 5.41) is 5.77. The van der Waals surface area contributed by atoms with Gasteiger partial charge < -0.3 is 10.6 Å². The molecule has 140 valence electrons. The maximum absolute atomic E-state index is 12.9. The van der Waals surface area contributed by atoms with Gasteiger partial charge >= 0.3 is 0 Å². The summed E-state index contributed by atoms with van der Waals surface area (Å²) in [4.78, 5) is 37.2. The van der Waals surface area contributed by atoms with Crippen LogP contribution < -0.4 is 10.6 Å². The molecule has 5 heteroatoms. The summed E-state index contributed by atoms with van der Waals surface area (Å²) in [6, 6.07) is 12.6. The molecule has 0 radical (unpaired) electrons. The van der Waals surface area contributed by atoms with Crippen molar-refractivity contribution in [3.8, 4) is 0 Å². The highest BCUT2D eigenvalue weighted by atomic mass is 16.2. The quantitative estimate of drug-likeness (QED) is 0.598. The average Bonchev–Trinajstić information content (AvgIpc) is 3.45. The van der Waals surface area contributed by atoms with E-state index in [0.717, 1.165) is 23.2 Å². The molecule has 0 unspecified atom stereocenters. The van der Waals surface area contributed by atoms with E-state index >= 15 is 0 Å². The molecule has 0 spiro atoms. The second-order valence-corrected chi connectivity index (χ2v) is 7.09. The molecule has 2 amide bonds. The molecule has 0 aromatic heterocycles. The van der Waals surface area contributed by atoms with Crippen LogP contribution >= 0.6 is 0 Å². The van der Waals surface area contributed by atoms with E-state index < -0.39 is 5.41 Å². The molecule has 2 aromatic carbocycles. The zero-order chi connectivity index (χ0) is 19.6. The van der Waals surface area contributed by atoms with Gasteiger partial charge in [0.2, 0.25) is 11.8 Å². The maximum atomic E-state index is 12.9. The second kappa shape index (κ2) is 7.35. The van der Waals surface area contributed by atoms with Crippen LogP contribution in [0.3, 0.4) is 0 Å². The predicted molar refractivity (Wildman–Crippen MR) is 106 cm³/mol. The number of para-hydroxylation sites is 1. The Morgan fingerprint density at radius 2 is 1.67 bits per heavy atom. The zero-order valence-corrected chi connectivity index (χ0v) is 15.9. The van der Waals surface area contributed by atoms with Gasteiger partial charge in [-0.1, -0.05) is 37.3 Å². The van der Waals surface area contributed by atoms with Crippen LogP contribution in [0.4, 0.5) is 11.4 Å². The van der Waals surface area contributed by atoms with Crippen molar-refractivity contribution in [2.24, 2.45) is 5.41 Å². The summed E-state index contributed by atoms with van der Waals surface area (Å²) >= 11 is 0. The first-order valence-electron chi connectivity index (χ1n) is 9.20. The fraction of sp³-hybridized carbons (Fsp3) is 0.318. The molecule has 0 saturated heterocycles. The molecule has 0 aliphatic heterocycles. The Hall–Kier alpha value is -2.95. The Bertz CT molecular complexity index is 914. The summed E-state index contributed by atoms with van der Waals surface area (Å²) in [7, 11) is 0. The van der Waals surface area contributed by atoms with Crippen molar-refractivity contribution < 1.29 is 14.4 Å². The number of hydrogen-bond acceptors (Lipinski definition) is 3. The highest BCUT2D eigenvalue weighted by Gasteiger charge is 2.56. The number of carbonyl (C=O) groups is 3. The number of rotatable bonds is 6. The van der Waals surface area contributed by atoms with E-state index in [1.165, 1.54) is 6.92 Å². The Morgan fingerprint density at radius 1 is 1.00 bits per heavy atom. The van der Waals surface area contributed by atoms with Crippen molar-refractivity contribution in [2.75, 3.05) is 10.6 Å². The van der Waals surface area contributed by atoms with Crippen LogP contribution in [0.25, 0.3) is 0 Å². The van der Waals surface area contributed by atoms with Crippen molar-refractivity contribution >= 4 is 29.0 Å². The first-order valence-corrected chi connectivity index (χ1v) is 9.20. The highest BCUT2D eigenvalue weighted by molar-refractivity contribution is 6.17. The van der Waals surface area contributed by atoms with E-state index in [1.807, 2.05) is 32.0 Å². The minimum Gasteiger partial charge on any atom is -0.325 e. The van der Waals surface area contributed by atoms with E-state index in [2.05, 4.69) is 10.6 Å². The summed E-state index contributed by atoms with van der Waals surface area (Å²) in [6.45, 7) is 5.46. The van der Waals surface area contributed by atoms with E-state index in [4.69, 9.17) is 0 Å². The number of hydrogen-bond donors (Lipinski definition) is 2. The molecule has 1 aliphatic carbocycles. The number of Topliss-reactive ketones (excluding diaryl/α,β-unsaturated/α-hetero) is 1. The van der Waals surface area contributed by atoms with Gasteiger partial charge in [-0.15, -0.1) is 0 Å². The number of carbonyl (C=O) groups excluding carboxylic acids is 3. The lowest BCUT2D eigenvalue weighted by molar-refractivity contribution is -0.131. The van der Waals surface area contributed by atoms with Crippen LogP contribution in [0.5, 0.6) is 0 Å². The standard InChI is InChI=1S/C22H24N2O3/c1-4-16-8-5-7-14(2)19(16)24-21(27)22(11-12-22)20(26)23-18-10-6-9-17(13-18)15(3)25/h5-10,13H,4,11-12H2,1-3H3,(H,23,26)(H,24,27). The lowest BCUT2D eigenvalue weighted by atomic mass is 10.0. The molecule has 5 nitrogen and oxygen atoms in total. The molecular weight excluding hydrogens is 340 g/mol. The van der Waals surface area contributed by atoms with Crippen LogP contribution in [0, 0.1) is 12.3 Å². The van der Waals surface area contributed by atoms with Crippen molar-refractivity contribution in [1.29, 1.82) is 0 Å². The number of benzene rings is 2. The van der Waals surface area contributed by atoms with Gasteiger partial charge in [-0.05, 0) is 56.4 Å². The molecule has 1 aliphatic rings. The van der Waals surface area contributed by atoms with Crippen molar-refractivity contribution in [3.05, 3.63) is 59.2 Å². The van der Waals surface area contributed by atoms with Crippen molar-refractivity contribution in [3.63, 3.8) is 0 Å². The Labute approximate surface area is 159 Å². The summed E-state index contributed by atoms with van der Waals surface area (Å²) in [5.74, 6) is -0.671. The molecule has 0 atom stereocenters. The zero-order valence-electron chi connectivity index (χ0n) is 15.9. The molecule has 3 rings (SSSR count). The summed E-state index contributed by atoms with van der Waals surface area (Å²) < 4.78 is 0. The van der Waals surface area contributed by atoms with Gasteiger partial charge in [0.05, 0.1) is 0 Å². The number of ketones is 1. The predicted octanol–water partition coefficient (Wildman–Crippen LogP) is 4.12. The Kier molecular flexibility index (Phi) is 5.13. The molecule has 1 saturated carbocycles. The number of aryl methyl sites for hydroxylation is 2. The van der Waals surface area contributed by atoms with Gasteiger partial charge in [0.25, 0.3) is 0 Å². The van der Waals surface area contributed by atoms with Crippen LogP contribution in [0.2, 0.25) is 0 Å². The van der Waals surface area contributed by atoms with Crippen LogP contribution in [-0.2, 0) is 16.0 Å². The van der Waals surface area contributed by atoms with E-state index in [0.29, 0.717) is 24.1 Å². The minimum absolute atomic E-state index is 0.0726. The molecular formula is C22H24N2O3. The first-order chi connectivity index (χ1) is 12.9. The fourth-order valence-corrected chi connectivity index (χ4v) is 3.18. The van der Waals surface area contributed by atoms with Gasteiger partial charge in [-0.25, -0.2) is 0 Å². The van der Waals surface area contributed by atoms with Crippen molar-refractivity contribution in [1.82, 2.24) is 0 Å². The summed E-state index contributed by atoms with van der Waals surface area (Å²) in [5.41, 5.74) is 2.83. The highest BCUT2D eigenvalue weighted by Crippen LogP contribution is 2.47. The molecule has 2 N–H and O–H groups in total. The van der Waals surface area contributed by atoms with Crippen LogP contribution in [-0.4, -0.2) is 17.6 Å². The molecule has 27 heavy (non-hydrogen) atoms. The average molecular weight is 364 g/mol. The fourth-order valence-electron chi connectivity index (χ4n) is 3.18. The summed E-state index contributed by atoms with van der Waals surface area (Å²) in [6.07, 6.45) is 1.84. The lowest BCUT2D eigenvalue weighted by Gasteiger charge is -2.18. The van der Waals surface area contributed by atoms with Crippen LogP contribution in [0.1, 0.15) is 48.2 Å². The van der Waals surface area contributed by atoms with Crippen LogP contribution in [0.15, 0.2) is 42.5 Å². The van der Waals surface area contributed by atoms with Gasteiger partial charge in [0.15, 0.2) is 5.78 Å². The number of anilines is 2. The third-order valence-electron chi connectivity index (χ3n) is 5.12. The normalized spacial score (nSPS) is 14.3. The first kappa shape index (κ1) is 18.8. The van der Waals surface area contributed by atoms with Gasteiger partial charge in [0, 0.05) is 16.9 Å². The smallest absolute Gasteiger partial charge is 0.240 e. The molecule has 0 bridgehead atoms. The third kappa shape index (κ3) is 3.77. The minimum atomic E-state index is -1.04. The molecule has 1 fully saturated rings. The second-order valence-electron chi connectivity index (χ2n) is 7.09. The van der Waals surface area contributed by atoms with Gasteiger partial charge in [-0.3, -0.25) is 14.4 Å². The monoisotopic (exact) mass is 364 g/mol. The Morgan fingerprint density at radius 3 is 2.30 bits per heavy atom. The maximum Gasteiger partial charge on any atom is 0.240 e. The number of amides is 2. The SMILES string of the molecule is CCc1cccc(C)c1NC(=O)C1(C(=O)Nc2cccc(C(C)=O)c2)CC1. The van der Waals surface area contributed by atoms with E-state index in [-0.39, 0.29) is 17.6 Å². The lowest BCUT2D eigenvalue weighted by Crippen LogP contribution is -2.36. The molecule has 0 heterocycles. The third-order valence-corrected chi connectivity index (χ3v) is 5.12. The van der Waals surface area contributed by atoms with E-state index in [9.17, 15) is 14.4 Å². The number of nitrogens with one attached hydrogen (secondary N) is 2. The van der Waals surface area contributed by atoms with Gasteiger partial charge in [-0.2, -0.15) is 0 Å². The largest absolute Gasteiger partial charge is 0.325 e. The topological polar surface area (TPSA) is 75.3 Å².